The summed E-state index contributed by atoms with van der Waals surface area (Å²) in [5.74, 6) is 0.0891. The van der Waals surface area contributed by atoms with Crippen LogP contribution in [0.2, 0.25) is 0 Å². The first kappa shape index (κ1) is 12.9. The molecule has 82 valence electrons. The topological polar surface area (TPSA) is 49.4 Å². The molecule has 4 heteroatoms. The summed E-state index contributed by atoms with van der Waals surface area (Å²) in [5.41, 5.74) is 0. The Labute approximate surface area is 85.7 Å². The second-order valence-corrected chi connectivity index (χ2v) is 3.77. The first-order chi connectivity index (χ1) is 6.43. The number of nitrogens with one attached hydrogen (secondary N) is 1. The second-order valence-electron chi connectivity index (χ2n) is 3.77. The van der Waals surface area contributed by atoms with Crippen LogP contribution in [0.4, 0.5) is 0 Å². The predicted octanol–water partition coefficient (Wildman–Crippen LogP) is 0.769. The molecular formula is C10H20N2O2. The highest BCUT2D eigenvalue weighted by Gasteiger charge is 2.05. The van der Waals surface area contributed by atoms with Crippen LogP contribution < -0.4 is 5.32 Å². The molecule has 0 rings (SSSR count). The maximum atomic E-state index is 11.2. The summed E-state index contributed by atoms with van der Waals surface area (Å²) < 4.78 is 0. The number of carbonyl (C=O) groups is 2. The van der Waals surface area contributed by atoms with Gasteiger partial charge in [-0.25, -0.2) is 0 Å². The van der Waals surface area contributed by atoms with Crippen molar-refractivity contribution < 1.29 is 9.59 Å². The van der Waals surface area contributed by atoms with Gasteiger partial charge in [-0.15, -0.1) is 0 Å². The Morgan fingerprint density at radius 2 is 1.93 bits per heavy atom. The minimum atomic E-state index is 0.0364. The number of rotatable bonds is 5. The van der Waals surface area contributed by atoms with Crippen molar-refractivity contribution in [3.05, 3.63) is 0 Å². The zero-order chi connectivity index (χ0) is 11.1. The molecule has 0 aromatic rings. The van der Waals surface area contributed by atoms with Crippen molar-refractivity contribution in [1.82, 2.24) is 10.2 Å². The Kier molecular flexibility index (Phi) is 5.92. The minimum absolute atomic E-state index is 0.0364. The largest absolute Gasteiger partial charge is 0.354 e. The maximum absolute atomic E-state index is 11.2. The Balaban J connectivity index is 3.54. The van der Waals surface area contributed by atoms with Crippen molar-refractivity contribution in [1.29, 1.82) is 0 Å². The number of carbonyl (C=O) groups excluding carboxylic acids is 2. The molecule has 0 saturated carbocycles. The molecule has 0 heterocycles. The fourth-order valence-corrected chi connectivity index (χ4v) is 1.03. The molecule has 0 bridgehead atoms. The van der Waals surface area contributed by atoms with Gasteiger partial charge >= 0.3 is 0 Å². The zero-order valence-electron chi connectivity index (χ0n) is 9.46. The van der Waals surface area contributed by atoms with E-state index in [4.69, 9.17) is 0 Å². The average Bonchev–Trinajstić information content (AvgIpc) is 2.02. The van der Waals surface area contributed by atoms with Crippen molar-refractivity contribution in [3.63, 3.8) is 0 Å². The Bertz CT molecular complexity index is 202. The molecule has 4 nitrogen and oxygen atoms in total. The van der Waals surface area contributed by atoms with Gasteiger partial charge in [0.25, 0.3) is 0 Å². The molecule has 14 heavy (non-hydrogen) atoms. The van der Waals surface area contributed by atoms with Crippen LogP contribution >= 0.6 is 0 Å². The lowest BCUT2D eigenvalue weighted by Gasteiger charge is -2.14. The van der Waals surface area contributed by atoms with Crippen molar-refractivity contribution in [2.24, 2.45) is 0 Å². The summed E-state index contributed by atoms with van der Waals surface area (Å²) >= 11 is 0. The molecular weight excluding hydrogens is 180 g/mol. The van der Waals surface area contributed by atoms with E-state index < -0.39 is 0 Å². The number of hydrogen-bond acceptors (Lipinski definition) is 2. The van der Waals surface area contributed by atoms with Crippen molar-refractivity contribution in [2.45, 2.75) is 39.7 Å². The van der Waals surface area contributed by atoms with Gasteiger partial charge in [-0.3, -0.25) is 9.59 Å². The minimum Gasteiger partial charge on any atom is -0.354 e. The van der Waals surface area contributed by atoms with Crippen molar-refractivity contribution >= 4 is 11.8 Å². The highest BCUT2D eigenvalue weighted by molar-refractivity contribution is 5.76. The molecule has 0 fully saturated rings. The standard InChI is InChI=1S/C10H20N2O2/c1-8(2)11-10(14)6-5-7-12(4)9(3)13/h8H,5-7H2,1-4H3,(H,11,14). The predicted molar refractivity (Wildman–Crippen MR) is 55.8 cm³/mol. The van der Waals surface area contributed by atoms with Gasteiger partial charge in [-0.05, 0) is 20.3 Å². The number of nitrogens with zero attached hydrogens (tertiary/aromatic N) is 1. The van der Waals surface area contributed by atoms with E-state index >= 15 is 0 Å². The van der Waals surface area contributed by atoms with E-state index in [0.717, 1.165) is 0 Å². The van der Waals surface area contributed by atoms with Gasteiger partial charge in [0.2, 0.25) is 11.8 Å². The first-order valence-corrected chi connectivity index (χ1v) is 4.94. The number of hydrogen-bond donors (Lipinski definition) is 1. The van der Waals surface area contributed by atoms with Gasteiger partial charge < -0.3 is 10.2 Å². The molecule has 0 saturated heterocycles. The first-order valence-electron chi connectivity index (χ1n) is 4.94. The molecule has 0 spiro atoms. The Hall–Kier alpha value is -1.06. The van der Waals surface area contributed by atoms with Gasteiger partial charge in [0.05, 0.1) is 0 Å². The van der Waals surface area contributed by atoms with Crippen molar-refractivity contribution in [2.75, 3.05) is 13.6 Å². The van der Waals surface area contributed by atoms with Gasteiger partial charge in [-0.2, -0.15) is 0 Å². The third-order valence-corrected chi connectivity index (χ3v) is 1.88. The molecule has 0 radical (unpaired) electrons. The van der Waals surface area contributed by atoms with Crippen molar-refractivity contribution in [3.8, 4) is 0 Å². The van der Waals surface area contributed by atoms with Crippen LogP contribution in [0.25, 0.3) is 0 Å². The highest BCUT2D eigenvalue weighted by atomic mass is 16.2. The highest BCUT2D eigenvalue weighted by Crippen LogP contribution is 1.94. The third kappa shape index (κ3) is 6.46. The van der Waals surface area contributed by atoms with Gasteiger partial charge in [-0.1, -0.05) is 0 Å². The molecule has 2 amide bonds. The van der Waals surface area contributed by atoms with Crippen LogP contribution in [-0.4, -0.2) is 36.3 Å². The monoisotopic (exact) mass is 200 g/mol. The van der Waals surface area contributed by atoms with E-state index in [9.17, 15) is 9.59 Å². The van der Waals surface area contributed by atoms with Crippen LogP contribution in [-0.2, 0) is 9.59 Å². The third-order valence-electron chi connectivity index (χ3n) is 1.88. The van der Waals surface area contributed by atoms with Gasteiger partial charge in [0, 0.05) is 33.0 Å². The lowest BCUT2D eigenvalue weighted by molar-refractivity contribution is -0.128. The van der Waals surface area contributed by atoms with E-state index in [2.05, 4.69) is 5.32 Å². The molecule has 0 aliphatic carbocycles. The van der Waals surface area contributed by atoms with Crippen LogP contribution in [0.3, 0.4) is 0 Å². The molecule has 0 aliphatic heterocycles. The summed E-state index contributed by atoms with van der Waals surface area (Å²) in [4.78, 5) is 23.6. The van der Waals surface area contributed by atoms with E-state index in [0.29, 0.717) is 19.4 Å². The van der Waals surface area contributed by atoms with Crippen LogP contribution in [0.5, 0.6) is 0 Å². The lowest BCUT2D eigenvalue weighted by Crippen LogP contribution is -2.31. The summed E-state index contributed by atoms with van der Waals surface area (Å²) in [7, 11) is 1.74. The SMILES string of the molecule is CC(=O)N(C)CCCC(=O)NC(C)C. The lowest BCUT2D eigenvalue weighted by atomic mass is 10.2. The zero-order valence-corrected chi connectivity index (χ0v) is 9.46. The molecule has 1 N–H and O–H groups in total. The fourth-order valence-electron chi connectivity index (χ4n) is 1.03. The number of amides is 2. The smallest absolute Gasteiger partial charge is 0.220 e. The summed E-state index contributed by atoms with van der Waals surface area (Å²) in [6.45, 7) is 6.02. The van der Waals surface area contributed by atoms with E-state index in [1.54, 1.807) is 11.9 Å². The van der Waals surface area contributed by atoms with E-state index in [1.807, 2.05) is 13.8 Å². The second kappa shape index (κ2) is 6.40. The van der Waals surface area contributed by atoms with Crippen LogP contribution in [0.15, 0.2) is 0 Å². The van der Waals surface area contributed by atoms with E-state index in [-0.39, 0.29) is 17.9 Å². The fraction of sp³-hybridized carbons (Fsp3) is 0.800. The maximum Gasteiger partial charge on any atom is 0.220 e. The molecule has 0 atom stereocenters. The van der Waals surface area contributed by atoms with Gasteiger partial charge in [0.15, 0.2) is 0 Å². The Morgan fingerprint density at radius 3 is 2.36 bits per heavy atom. The van der Waals surface area contributed by atoms with Gasteiger partial charge in [0.1, 0.15) is 0 Å². The normalized spacial score (nSPS) is 10.1. The quantitative estimate of drug-likeness (QED) is 0.712. The average molecular weight is 200 g/mol. The molecule has 0 aromatic heterocycles. The molecule has 0 aliphatic rings. The summed E-state index contributed by atoms with van der Waals surface area (Å²) in [5, 5.41) is 2.80. The van der Waals surface area contributed by atoms with Crippen LogP contribution in [0.1, 0.15) is 33.6 Å². The van der Waals surface area contributed by atoms with E-state index in [1.165, 1.54) is 6.92 Å². The molecule has 0 unspecified atom stereocenters. The molecule has 0 aromatic carbocycles. The van der Waals surface area contributed by atoms with Crippen LogP contribution in [0, 0.1) is 0 Å². The Morgan fingerprint density at radius 1 is 1.36 bits per heavy atom. The summed E-state index contributed by atoms with van der Waals surface area (Å²) in [6.07, 6.45) is 1.20. The summed E-state index contributed by atoms with van der Waals surface area (Å²) in [6, 6.07) is 0.188.